The number of halogens is 1. The molecule has 2 aromatic rings. The molecular formula is C18H20FNO3. The van der Waals surface area contributed by atoms with Gasteiger partial charge in [0.25, 0.3) is 0 Å². The molecule has 1 N–H and O–H groups in total. The van der Waals surface area contributed by atoms with Gasteiger partial charge in [-0.25, -0.2) is 4.39 Å². The molecule has 0 spiro atoms. The highest BCUT2D eigenvalue weighted by molar-refractivity contribution is 5.91. The second kappa shape index (κ2) is 7.63. The Morgan fingerprint density at radius 3 is 2.65 bits per heavy atom. The van der Waals surface area contributed by atoms with Crippen LogP contribution in [0.15, 0.2) is 36.4 Å². The van der Waals surface area contributed by atoms with E-state index in [0.29, 0.717) is 23.6 Å². The molecule has 1 amide bonds. The predicted octanol–water partition coefficient (Wildman–Crippen LogP) is 3.72. The normalized spacial score (nSPS) is 10.3. The Labute approximate surface area is 135 Å². The van der Waals surface area contributed by atoms with Crippen molar-refractivity contribution in [2.45, 2.75) is 19.8 Å². The largest absolute Gasteiger partial charge is 0.493 e. The summed E-state index contributed by atoms with van der Waals surface area (Å²) in [5, 5.41) is 2.74. The second-order valence-corrected chi connectivity index (χ2v) is 5.16. The summed E-state index contributed by atoms with van der Waals surface area (Å²) in [6.45, 7) is 1.82. The van der Waals surface area contributed by atoms with Gasteiger partial charge in [-0.15, -0.1) is 0 Å². The molecule has 4 nitrogen and oxygen atoms in total. The number of para-hydroxylation sites is 1. The third-order valence-corrected chi connectivity index (χ3v) is 3.58. The third kappa shape index (κ3) is 4.22. The number of nitrogens with one attached hydrogen (secondary N) is 1. The standard InChI is InChI=1S/C18H20FNO3/c1-12-7-9-14(19)11-15(12)20-17(21)10-8-13-5-4-6-16(22-2)18(13)23-3/h4-7,9,11H,8,10H2,1-3H3,(H,20,21). The molecule has 23 heavy (non-hydrogen) atoms. The quantitative estimate of drug-likeness (QED) is 0.883. The van der Waals surface area contributed by atoms with Gasteiger partial charge in [-0.2, -0.15) is 0 Å². The fourth-order valence-corrected chi connectivity index (χ4v) is 2.34. The fraction of sp³-hybridized carbons (Fsp3) is 0.278. The molecule has 0 aromatic heterocycles. The van der Waals surface area contributed by atoms with E-state index in [9.17, 15) is 9.18 Å². The third-order valence-electron chi connectivity index (χ3n) is 3.58. The maximum absolute atomic E-state index is 13.2. The van der Waals surface area contributed by atoms with E-state index in [1.165, 1.54) is 12.1 Å². The molecule has 2 aromatic carbocycles. The van der Waals surface area contributed by atoms with Crippen molar-refractivity contribution >= 4 is 11.6 Å². The smallest absolute Gasteiger partial charge is 0.224 e. The molecule has 0 saturated carbocycles. The van der Waals surface area contributed by atoms with Gasteiger partial charge in [-0.1, -0.05) is 18.2 Å². The molecule has 0 radical (unpaired) electrons. The number of carbonyl (C=O) groups excluding carboxylic acids is 1. The topological polar surface area (TPSA) is 47.6 Å². The Hall–Kier alpha value is -2.56. The number of methoxy groups -OCH3 is 2. The molecule has 0 aliphatic carbocycles. The van der Waals surface area contributed by atoms with Crippen LogP contribution in [0, 0.1) is 12.7 Å². The first-order valence-corrected chi connectivity index (χ1v) is 7.31. The molecule has 0 fully saturated rings. The van der Waals surface area contributed by atoms with Crippen LogP contribution in [0.5, 0.6) is 11.5 Å². The van der Waals surface area contributed by atoms with Gasteiger partial charge < -0.3 is 14.8 Å². The second-order valence-electron chi connectivity index (χ2n) is 5.16. The van der Waals surface area contributed by atoms with E-state index < -0.39 is 0 Å². The first-order valence-electron chi connectivity index (χ1n) is 7.31. The van der Waals surface area contributed by atoms with Gasteiger partial charge in [0.1, 0.15) is 5.82 Å². The highest BCUT2D eigenvalue weighted by Crippen LogP contribution is 2.31. The van der Waals surface area contributed by atoms with E-state index in [1.807, 2.05) is 19.1 Å². The predicted molar refractivity (Wildman–Crippen MR) is 87.6 cm³/mol. The summed E-state index contributed by atoms with van der Waals surface area (Å²) in [5.74, 6) is 0.708. The van der Waals surface area contributed by atoms with E-state index in [4.69, 9.17) is 9.47 Å². The number of hydrogen-bond donors (Lipinski definition) is 1. The lowest BCUT2D eigenvalue weighted by atomic mass is 10.1. The number of hydrogen-bond acceptors (Lipinski definition) is 3. The average molecular weight is 317 g/mol. The van der Waals surface area contributed by atoms with Crippen LogP contribution in [0.2, 0.25) is 0 Å². The summed E-state index contributed by atoms with van der Waals surface area (Å²) in [4.78, 5) is 12.1. The summed E-state index contributed by atoms with van der Waals surface area (Å²) in [6.07, 6.45) is 0.764. The molecule has 0 saturated heterocycles. The maximum Gasteiger partial charge on any atom is 0.224 e. The van der Waals surface area contributed by atoms with Crippen LogP contribution in [-0.2, 0) is 11.2 Å². The van der Waals surface area contributed by atoms with Crippen LogP contribution in [0.4, 0.5) is 10.1 Å². The lowest BCUT2D eigenvalue weighted by Gasteiger charge is -2.13. The van der Waals surface area contributed by atoms with Gasteiger partial charge >= 0.3 is 0 Å². The van der Waals surface area contributed by atoms with Gasteiger partial charge in [0, 0.05) is 12.1 Å². The molecule has 0 heterocycles. The van der Waals surface area contributed by atoms with Crippen LogP contribution in [-0.4, -0.2) is 20.1 Å². The SMILES string of the molecule is COc1cccc(CCC(=O)Nc2cc(F)ccc2C)c1OC. The Morgan fingerprint density at radius 1 is 1.17 bits per heavy atom. The molecule has 0 unspecified atom stereocenters. The summed E-state index contributed by atoms with van der Waals surface area (Å²) < 4.78 is 23.8. The highest BCUT2D eigenvalue weighted by Gasteiger charge is 2.12. The van der Waals surface area contributed by atoms with E-state index >= 15 is 0 Å². The molecule has 5 heteroatoms. The van der Waals surface area contributed by atoms with Crippen molar-refractivity contribution in [2.75, 3.05) is 19.5 Å². The minimum atomic E-state index is -0.375. The number of amides is 1. The van der Waals surface area contributed by atoms with E-state index in [2.05, 4.69) is 5.32 Å². The number of aryl methyl sites for hydroxylation is 2. The molecule has 0 aliphatic rings. The van der Waals surface area contributed by atoms with Crippen LogP contribution in [0.3, 0.4) is 0 Å². The average Bonchev–Trinajstić information content (AvgIpc) is 2.55. The summed E-state index contributed by atoms with van der Waals surface area (Å²) in [7, 11) is 3.14. The summed E-state index contributed by atoms with van der Waals surface area (Å²) in [5.41, 5.74) is 2.20. The Morgan fingerprint density at radius 2 is 1.96 bits per heavy atom. The Kier molecular flexibility index (Phi) is 5.57. The van der Waals surface area contributed by atoms with Crippen molar-refractivity contribution in [3.05, 3.63) is 53.3 Å². The van der Waals surface area contributed by atoms with E-state index in [0.717, 1.165) is 11.1 Å². The van der Waals surface area contributed by atoms with Crippen LogP contribution >= 0.6 is 0 Å². The number of ether oxygens (including phenoxy) is 2. The van der Waals surface area contributed by atoms with Crippen molar-refractivity contribution in [2.24, 2.45) is 0 Å². The molecule has 0 atom stereocenters. The molecule has 2 rings (SSSR count). The fourth-order valence-electron chi connectivity index (χ4n) is 2.34. The van der Waals surface area contributed by atoms with Crippen LogP contribution < -0.4 is 14.8 Å². The molecule has 0 aliphatic heterocycles. The van der Waals surface area contributed by atoms with Crippen molar-refractivity contribution in [1.29, 1.82) is 0 Å². The maximum atomic E-state index is 13.2. The van der Waals surface area contributed by atoms with E-state index in [1.54, 1.807) is 26.4 Å². The van der Waals surface area contributed by atoms with Crippen molar-refractivity contribution in [3.63, 3.8) is 0 Å². The van der Waals surface area contributed by atoms with Crippen LogP contribution in [0.1, 0.15) is 17.5 Å². The van der Waals surface area contributed by atoms with Gasteiger partial charge in [0.2, 0.25) is 5.91 Å². The number of anilines is 1. The van der Waals surface area contributed by atoms with Crippen molar-refractivity contribution in [1.82, 2.24) is 0 Å². The van der Waals surface area contributed by atoms with Gasteiger partial charge in [-0.3, -0.25) is 4.79 Å². The van der Waals surface area contributed by atoms with E-state index in [-0.39, 0.29) is 18.1 Å². The lowest BCUT2D eigenvalue weighted by Crippen LogP contribution is -2.13. The van der Waals surface area contributed by atoms with Crippen molar-refractivity contribution < 1.29 is 18.7 Å². The number of benzene rings is 2. The molecular weight excluding hydrogens is 297 g/mol. The van der Waals surface area contributed by atoms with Crippen molar-refractivity contribution in [3.8, 4) is 11.5 Å². The molecule has 0 bridgehead atoms. The first kappa shape index (κ1) is 16.8. The monoisotopic (exact) mass is 317 g/mol. The Balaban J connectivity index is 2.03. The Bertz CT molecular complexity index is 701. The van der Waals surface area contributed by atoms with Gasteiger partial charge in [0.05, 0.1) is 14.2 Å². The first-order chi connectivity index (χ1) is 11.0. The highest BCUT2D eigenvalue weighted by atomic mass is 19.1. The molecule has 122 valence electrons. The van der Waals surface area contributed by atoms with Crippen LogP contribution in [0.25, 0.3) is 0 Å². The lowest BCUT2D eigenvalue weighted by molar-refractivity contribution is -0.116. The number of carbonyl (C=O) groups is 1. The summed E-state index contributed by atoms with van der Waals surface area (Å²) >= 11 is 0. The zero-order chi connectivity index (χ0) is 16.8. The van der Waals surface area contributed by atoms with Gasteiger partial charge in [0.15, 0.2) is 11.5 Å². The minimum absolute atomic E-state index is 0.177. The minimum Gasteiger partial charge on any atom is -0.493 e. The number of rotatable bonds is 6. The zero-order valence-electron chi connectivity index (χ0n) is 13.5. The summed E-state index contributed by atoms with van der Waals surface area (Å²) in [6, 6.07) is 9.87. The zero-order valence-corrected chi connectivity index (χ0v) is 13.5. The van der Waals surface area contributed by atoms with Gasteiger partial charge in [-0.05, 0) is 42.7 Å².